The Balaban J connectivity index is 1.81. The lowest BCUT2D eigenvalue weighted by Gasteiger charge is -2.34. The SMILES string of the molecule is CCNC(=O)[C@@H](Cc1ccccc1)N(Cc1ccccc1)C(=O)CN(c1cccc(Cl)c1C)S(=O)(=O)c1ccccc1. The standard InChI is InChI=1S/C33H34ClN3O4S/c1-3-35-33(39)31(22-26-14-7-4-8-15-26)36(23-27-16-9-5-10-17-27)32(38)24-37(30-21-13-20-29(34)25(30)2)42(40,41)28-18-11-6-12-19-28/h4-21,31H,3,22-24H2,1-2H3,(H,35,39)/t31-/m1/s1. The summed E-state index contributed by atoms with van der Waals surface area (Å²) in [5.41, 5.74) is 2.49. The van der Waals surface area contributed by atoms with Gasteiger partial charge in [-0.15, -0.1) is 0 Å². The van der Waals surface area contributed by atoms with E-state index in [1.807, 2.05) is 67.6 Å². The lowest BCUT2D eigenvalue weighted by atomic mass is 10.0. The largest absolute Gasteiger partial charge is 0.355 e. The average molecular weight is 604 g/mol. The van der Waals surface area contributed by atoms with Gasteiger partial charge in [-0.3, -0.25) is 13.9 Å². The minimum absolute atomic E-state index is 0.0383. The van der Waals surface area contributed by atoms with Crippen LogP contribution in [0.15, 0.2) is 114 Å². The number of carbonyl (C=O) groups excluding carboxylic acids is 2. The van der Waals surface area contributed by atoms with Crippen LogP contribution in [0.25, 0.3) is 0 Å². The van der Waals surface area contributed by atoms with Gasteiger partial charge in [-0.05, 0) is 54.8 Å². The summed E-state index contributed by atoms with van der Waals surface area (Å²) in [5.74, 6) is -0.841. The zero-order valence-electron chi connectivity index (χ0n) is 23.6. The van der Waals surface area contributed by atoms with Crippen molar-refractivity contribution in [1.29, 1.82) is 0 Å². The van der Waals surface area contributed by atoms with E-state index in [9.17, 15) is 18.0 Å². The van der Waals surface area contributed by atoms with Crippen LogP contribution in [0.1, 0.15) is 23.6 Å². The highest BCUT2D eigenvalue weighted by Crippen LogP contribution is 2.31. The molecule has 7 nitrogen and oxygen atoms in total. The fraction of sp³-hybridized carbons (Fsp3) is 0.212. The first kappa shape index (κ1) is 30.8. The van der Waals surface area contributed by atoms with Crippen LogP contribution in [-0.2, 0) is 32.6 Å². The van der Waals surface area contributed by atoms with Crippen LogP contribution in [-0.4, -0.2) is 44.3 Å². The third-order valence-corrected chi connectivity index (χ3v) is 9.12. The summed E-state index contributed by atoms with van der Waals surface area (Å²) in [5, 5.41) is 3.24. The van der Waals surface area contributed by atoms with E-state index in [1.165, 1.54) is 17.0 Å². The second-order valence-electron chi connectivity index (χ2n) is 9.82. The molecule has 0 aliphatic carbocycles. The van der Waals surface area contributed by atoms with Gasteiger partial charge in [-0.25, -0.2) is 8.42 Å². The molecule has 4 aromatic rings. The van der Waals surface area contributed by atoms with Gasteiger partial charge in [0.1, 0.15) is 12.6 Å². The topological polar surface area (TPSA) is 86.8 Å². The van der Waals surface area contributed by atoms with Crippen molar-refractivity contribution in [2.75, 3.05) is 17.4 Å². The van der Waals surface area contributed by atoms with Gasteiger partial charge in [-0.1, -0.05) is 96.5 Å². The van der Waals surface area contributed by atoms with Crippen LogP contribution in [0.2, 0.25) is 5.02 Å². The summed E-state index contributed by atoms with van der Waals surface area (Å²) in [6.07, 6.45) is 0.257. The van der Waals surface area contributed by atoms with E-state index in [4.69, 9.17) is 11.6 Å². The second-order valence-corrected chi connectivity index (χ2v) is 12.1. The maximum Gasteiger partial charge on any atom is 0.264 e. The normalized spacial score (nSPS) is 11.9. The van der Waals surface area contributed by atoms with Crippen LogP contribution in [0.5, 0.6) is 0 Å². The molecule has 0 bridgehead atoms. The molecule has 0 aliphatic rings. The van der Waals surface area contributed by atoms with E-state index in [-0.39, 0.29) is 29.5 Å². The number of hydrogen-bond donors (Lipinski definition) is 1. The molecule has 0 aliphatic heterocycles. The summed E-state index contributed by atoms with van der Waals surface area (Å²) in [4.78, 5) is 29.4. The molecule has 0 heterocycles. The number of halogens is 1. The Hall–Kier alpha value is -4.14. The minimum Gasteiger partial charge on any atom is -0.355 e. The molecular weight excluding hydrogens is 570 g/mol. The predicted molar refractivity (Wildman–Crippen MR) is 167 cm³/mol. The van der Waals surface area contributed by atoms with E-state index in [2.05, 4.69) is 5.32 Å². The number of nitrogens with zero attached hydrogens (tertiary/aromatic N) is 2. The Morgan fingerprint density at radius 2 is 1.38 bits per heavy atom. The number of likely N-dealkylation sites (N-methyl/N-ethyl adjacent to an activating group) is 1. The maximum atomic E-state index is 14.4. The van der Waals surface area contributed by atoms with Gasteiger partial charge < -0.3 is 10.2 Å². The van der Waals surface area contributed by atoms with Crippen LogP contribution in [0.3, 0.4) is 0 Å². The molecule has 0 saturated heterocycles. The lowest BCUT2D eigenvalue weighted by Crippen LogP contribution is -2.53. The molecule has 0 fully saturated rings. The molecule has 0 unspecified atom stereocenters. The molecule has 0 aromatic heterocycles. The van der Waals surface area contributed by atoms with E-state index >= 15 is 0 Å². The van der Waals surface area contributed by atoms with Gasteiger partial charge in [0.2, 0.25) is 11.8 Å². The zero-order chi connectivity index (χ0) is 30.1. The Morgan fingerprint density at radius 3 is 1.98 bits per heavy atom. The van der Waals surface area contributed by atoms with Gasteiger partial charge >= 0.3 is 0 Å². The number of hydrogen-bond acceptors (Lipinski definition) is 4. The summed E-state index contributed by atoms with van der Waals surface area (Å²) < 4.78 is 29.2. The molecule has 0 spiro atoms. The van der Waals surface area contributed by atoms with Crippen molar-refractivity contribution >= 4 is 39.1 Å². The third-order valence-electron chi connectivity index (χ3n) is 6.94. The number of amides is 2. The fourth-order valence-corrected chi connectivity index (χ4v) is 6.39. The van der Waals surface area contributed by atoms with Crippen molar-refractivity contribution in [1.82, 2.24) is 10.2 Å². The lowest BCUT2D eigenvalue weighted by molar-refractivity contribution is -0.140. The van der Waals surface area contributed by atoms with E-state index in [0.29, 0.717) is 17.1 Å². The number of anilines is 1. The highest BCUT2D eigenvalue weighted by molar-refractivity contribution is 7.92. The van der Waals surface area contributed by atoms with Crippen molar-refractivity contribution in [3.8, 4) is 0 Å². The zero-order valence-corrected chi connectivity index (χ0v) is 25.2. The van der Waals surface area contributed by atoms with E-state index in [0.717, 1.165) is 15.4 Å². The Labute approximate surface area is 252 Å². The van der Waals surface area contributed by atoms with Crippen molar-refractivity contribution in [3.05, 3.63) is 131 Å². The Kier molecular flexibility index (Phi) is 10.4. The maximum absolute atomic E-state index is 14.4. The molecule has 0 radical (unpaired) electrons. The minimum atomic E-state index is -4.18. The molecule has 9 heteroatoms. The first-order chi connectivity index (χ1) is 20.2. The number of rotatable bonds is 12. The number of carbonyl (C=O) groups is 2. The van der Waals surface area contributed by atoms with Crippen LogP contribution < -0.4 is 9.62 Å². The molecule has 42 heavy (non-hydrogen) atoms. The smallest absolute Gasteiger partial charge is 0.264 e. The molecule has 1 atom stereocenters. The average Bonchev–Trinajstić information content (AvgIpc) is 3.00. The van der Waals surface area contributed by atoms with Crippen molar-refractivity contribution in [2.45, 2.75) is 37.8 Å². The first-order valence-corrected chi connectivity index (χ1v) is 15.5. The molecule has 4 aromatic carbocycles. The summed E-state index contributed by atoms with van der Waals surface area (Å²) >= 11 is 6.41. The fourth-order valence-electron chi connectivity index (χ4n) is 4.73. The Morgan fingerprint density at radius 1 is 0.810 bits per heavy atom. The third kappa shape index (κ3) is 7.38. The van der Waals surface area contributed by atoms with Gasteiger partial charge in [-0.2, -0.15) is 0 Å². The summed E-state index contributed by atoms with van der Waals surface area (Å²) in [6, 6.07) is 30.8. The summed E-state index contributed by atoms with van der Waals surface area (Å²) in [7, 11) is -4.18. The van der Waals surface area contributed by atoms with Crippen LogP contribution in [0.4, 0.5) is 5.69 Å². The highest BCUT2D eigenvalue weighted by atomic mass is 35.5. The van der Waals surface area contributed by atoms with E-state index < -0.39 is 28.5 Å². The molecule has 0 saturated carbocycles. The molecular formula is C33H34ClN3O4S. The number of sulfonamides is 1. The van der Waals surface area contributed by atoms with Crippen LogP contribution in [0, 0.1) is 6.92 Å². The second kappa shape index (κ2) is 14.2. The Bertz CT molecular complexity index is 1600. The van der Waals surface area contributed by atoms with Crippen molar-refractivity contribution in [3.63, 3.8) is 0 Å². The molecule has 4 rings (SSSR count). The van der Waals surface area contributed by atoms with Gasteiger partial charge in [0.05, 0.1) is 10.6 Å². The molecule has 218 valence electrons. The number of nitrogens with one attached hydrogen (secondary N) is 1. The monoisotopic (exact) mass is 603 g/mol. The van der Waals surface area contributed by atoms with Gasteiger partial charge in [0, 0.05) is 24.5 Å². The van der Waals surface area contributed by atoms with Gasteiger partial charge in [0.25, 0.3) is 10.0 Å². The number of benzene rings is 4. The quantitative estimate of drug-likeness (QED) is 0.228. The first-order valence-electron chi connectivity index (χ1n) is 13.7. The van der Waals surface area contributed by atoms with Gasteiger partial charge in [0.15, 0.2) is 0 Å². The highest BCUT2D eigenvalue weighted by Gasteiger charge is 2.35. The van der Waals surface area contributed by atoms with Crippen molar-refractivity contribution in [2.24, 2.45) is 0 Å². The molecule has 2 amide bonds. The predicted octanol–water partition coefficient (Wildman–Crippen LogP) is 5.62. The molecule has 1 N–H and O–H groups in total. The van der Waals surface area contributed by atoms with E-state index in [1.54, 1.807) is 43.3 Å². The summed E-state index contributed by atoms with van der Waals surface area (Å²) in [6.45, 7) is 3.49. The van der Waals surface area contributed by atoms with Crippen molar-refractivity contribution < 1.29 is 18.0 Å². The van der Waals surface area contributed by atoms with Crippen LogP contribution >= 0.6 is 11.6 Å².